The average Bonchev–Trinajstić information content (AvgIpc) is 3.45. The number of halogens is 2. The molecule has 0 unspecified atom stereocenters. The minimum Gasteiger partial charge on any atom is -0.352 e. The Morgan fingerprint density at radius 2 is 1.57 bits per heavy atom. The smallest absolute Gasteiger partial charge is 0.264 e. The lowest BCUT2D eigenvalue weighted by Crippen LogP contribution is -2.53. The van der Waals surface area contributed by atoms with Crippen molar-refractivity contribution >= 4 is 50.7 Å². The molecule has 0 aliphatic heterocycles. The molecule has 10 heteroatoms. The van der Waals surface area contributed by atoms with Crippen molar-refractivity contribution in [1.82, 2.24) is 10.2 Å². The van der Waals surface area contributed by atoms with E-state index < -0.39 is 28.5 Å². The Morgan fingerprint density at radius 3 is 2.17 bits per heavy atom. The maximum Gasteiger partial charge on any atom is 0.264 e. The van der Waals surface area contributed by atoms with E-state index in [0.29, 0.717) is 6.42 Å². The summed E-state index contributed by atoms with van der Waals surface area (Å²) in [6, 6.07) is 17.8. The number of hydrogen-bond acceptors (Lipinski definition) is 4. The van der Waals surface area contributed by atoms with Gasteiger partial charge in [0.15, 0.2) is 0 Å². The first kappa shape index (κ1) is 31.9. The Kier molecular flexibility index (Phi) is 10.6. The van der Waals surface area contributed by atoms with Crippen molar-refractivity contribution in [2.75, 3.05) is 10.8 Å². The lowest BCUT2D eigenvalue weighted by Gasteiger charge is -2.34. The van der Waals surface area contributed by atoms with E-state index in [9.17, 15) is 18.0 Å². The summed E-state index contributed by atoms with van der Waals surface area (Å²) in [6.07, 6.45) is 4.30. The fraction of sp³-hybridized carbons (Fsp3) is 0.375. The summed E-state index contributed by atoms with van der Waals surface area (Å²) in [5, 5.41) is 3.59. The number of carbonyl (C=O) groups is 2. The van der Waals surface area contributed by atoms with Crippen molar-refractivity contribution in [3.63, 3.8) is 0 Å². The molecule has 1 aliphatic rings. The predicted molar refractivity (Wildman–Crippen MR) is 168 cm³/mol. The van der Waals surface area contributed by atoms with Gasteiger partial charge in [-0.1, -0.05) is 84.9 Å². The number of hydrogen-bond donors (Lipinski definition) is 1. The molecule has 0 heterocycles. The molecule has 42 heavy (non-hydrogen) atoms. The van der Waals surface area contributed by atoms with Gasteiger partial charge in [0, 0.05) is 22.6 Å². The van der Waals surface area contributed by atoms with Gasteiger partial charge >= 0.3 is 0 Å². The van der Waals surface area contributed by atoms with Crippen LogP contribution in [-0.2, 0) is 26.2 Å². The number of aryl methyl sites for hydroxylation is 2. The van der Waals surface area contributed by atoms with Crippen LogP contribution in [0.4, 0.5) is 5.69 Å². The zero-order chi connectivity index (χ0) is 30.4. The quantitative estimate of drug-likeness (QED) is 0.256. The van der Waals surface area contributed by atoms with Crippen LogP contribution in [0.25, 0.3) is 0 Å². The first-order valence-corrected chi connectivity index (χ1v) is 16.4. The third-order valence-electron chi connectivity index (χ3n) is 7.71. The molecule has 0 spiro atoms. The zero-order valence-electron chi connectivity index (χ0n) is 24.1. The van der Waals surface area contributed by atoms with Crippen LogP contribution >= 0.6 is 23.2 Å². The Balaban J connectivity index is 1.75. The molecular weight excluding hydrogens is 593 g/mol. The van der Waals surface area contributed by atoms with Crippen LogP contribution in [0.5, 0.6) is 0 Å². The molecule has 1 atom stereocenters. The molecular formula is C32H37Cl2N3O4S. The van der Waals surface area contributed by atoms with Crippen molar-refractivity contribution in [1.29, 1.82) is 0 Å². The van der Waals surface area contributed by atoms with Gasteiger partial charge < -0.3 is 10.2 Å². The average molecular weight is 631 g/mol. The SMILES string of the molecule is CC[C@H](C(=O)NC1CCCC1)N(Cc1ccccc1C)C(=O)CN(c1cc(Cl)cc(Cl)c1)S(=O)(=O)c1ccc(C)cc1. The molecule has 224 valence electrons. The van der Waals surface area contributed by atoms with Crippen molar-refractivity contribution in [3.05, 3.63) is 93.5 Å². The Morgan fingerprint density at radius 1 is 0.952 bits per heavy atom. The maximum atomic E-state index is 14.3. The summed E-state index contributed by atoms with van der Waals surface area (Å²) < 4.78 is 29.1. The van der Waals surface area contributed by atoms with Gasteiger partial charge in [-0.05, 0) is 74.6 Å². The van der Waals surface area contributed by atoms with E-state index in [2.05, 4.69) is 5.32 Å². The number of anilines is 1. The Bertz CT molecular complexity index is 1500. The monoisotopic (exact) mass is 629 g/mol. The van der Waals surface area contributed by atoms with Crippen LogP contribution in [0, 0.1) is 13.8 Å². The topological polar surface area (TPSA) is 86.8 Å². The maximum absolute atomic E-state index is 14.3. The Labute approximate surface area is 258 Å². The molecule has 0 radical (unpaired) electrons. The second-order valence-corrected chi connectivity index (χ2v) is 13.5. The number of nitrogens with one attached hydrogen (secondary N) is 1. The largest absolute Gasteiger partial charge is 0.352 e. The molecule has 1 aliphatic carbocycles. The van der Waals surface area contributed by atoms with Gasteiger partial charge in [0.2, 0.25) is 11.8 Å². The van der Waals surface area contributed by atoms with Crippen LogP contribution in [-0.4, -0.2) is 43.8 Å². The van der Waals surface area contributed by atoms with Crippen LogP contribution in [0.1, 0.15) is 55.7 Å². The highest BCUT2D eigenvalue weighted by molar-refractivity contribution is 7.92. The third-order valence-corrected chi connectivity index (χ3v) is 9.94. The molecule has 4 rings (SSSR count). The predicted octanol–water partition coefficient (Wildman–Crippen LogP) is 6.67. The first-order chi connectivity index (χ1) is 20.0. The first-order valence-electron chi connectivity index (χ1n) is 14.2. The fourth-order valence-corrected chi connectivity index (χ4v) is 7.22. The molecule has 7 nitrogen and oxygen atoms in total. The summed E-state index contributed by atoms with van der Waals surface area (Å²) in [7, 11) is -4.22. The van der Waals surface area contributed by atoms with Gasteiger partial charge in [-0.3, -0.25) is 13.9 Å². The molecule has 1 N–H and O–H groups in total. The minimum atomic E-state index is -4.22. The van der Waals surface area contributed by atoms with Crippen molar-refractivity contribution in [2.24, 2.45) is 0 Å². The number of amides is 2. The number of carbonyl (C=O) groups excluding carboxylic acids is 2. The van der Waals surface area contributed by atoms with E-state index in [0.717, 1.165) is 46.7 Å². The molecule has 1 saturated carbocycles. The summed E-state index contributed by atoms with van der Waals surface area (Å²) in [5.74, 6) is -0.747. The molecule has 3 aromatic carbocycles. The normalized spacial score (nSPS) is 14.4. The number of rotatable bonds is 11. The number of benzene rings is 3. The van der Waals surface area contributed by atoms with E-state index >= 15 is 0 Å². The third kappa shape index (κ3) is 7.65. The standard InChI is InChI=1S/C32H37Cl2N3O4S/c1-4-30(32(39)35-27-11-7-8-12-27)36(20-24-10-6-5-9-23(24)3)31(38)21-37(28-18-25(33)17-26(34)19-28)42(40,41)29-15-13-22(2)14-16-29/h5-6,9-10,13-19,27,30H,4,7-8,11-12,20-21H2,1-3H3,(H,35,39)/t30-/m1/s1. The van der Waals surface area contributed by atoms with Crippen molar-refractivity contribution < 1.29 is 18.0 Å². The fourth-order valence-electron chi connectivity index (χ4n) is 5.31. The van der Waals surface area contributed by atoms with Gasteiger partial charge in [0.05, 0.1) is 10.6 Å². The number of sulfonamides is 1. The van der Waals surface area contributed by atoms with E-state index in [1.54, 1.807) is 12.1 Å². The lowest BCUT2D eigenvalue weighted by molar-refractivity contribution is -0.140. The zero-order valence-corrected chi connectivity index (χ0v) is 26.5. The van der Waals surface area contributed by atoms with Gasteiger partial charge in [-0.15, -0.1) is 0 Å². The van der Waals surface area contributed by atoms with Gasteiger partial charge in [0.1, 0.15) is 12.6 Å². The van der Waals surface area contributed by atoms with Crippen LogP contribution < -0.4 is 9.62 Å². The van der Waals surface area contributed by atoms with E-state index in [1.807, 2.05) is 45.0 Å². The molecule has 3 aromatic rings. The van der Waals surface area contributed by atoms with Crippen LogP contribution in [0.3, 0.4) is 0 Å². The van der Waals surface area contributed by atoms with Gasteiger partial charge in [-0.25, -0.2) is 8.42 Å². The second kappa shape index (κ2) is 13.9. The second-order valence-electron chi connectivity index (χ2n) is 10.8. The van der Waals surface area contributed by atoms with E-state index in [4.69, 9.17) is 23.2 Å². The van der Waals surface area contributed by atoms with E-state index in [-0.39, 0.29) is 39.1 Å². The summed E-state index contributed by atoms with van der Waals surface area (Å²) in [6.45, 7) is 5.26. The summed E-state index contributed by atoms with van der Waals surface area (Å²) >= 11 is 12.6. The highest BCUT2D eigenvalue weighted by Crippen LogP contribution is 2.30. The molecule has 0 bridgehead atoms. The minimum absolute atomic E-state index is 0.0217. The van der Waals surface area contributed by atoms with E-state index in [1.165, 1.54) is 35.2 Å². The highest BCUT2D eigenvalue weighted by Gasteiger charge is 2.35. The van der Waals surface area contributed by atoms with Gasteiger partial charge in [0.25, 0.3) is 10.0 Å². The molecule has 2 amide bonds. The lowest BCUT2D eigenvalue weighted by atomic mass is 10.1. The summed E-state index contributed by atoms with van der Waals surface area (Å²) in [4.78, 5) is 29.4. The summed E-state index contributed by atoms with van der Waals surface area (Å²) in [5.41, 5.74) is 2.88. The van der Waals surface area contributed by atoms with Gasteiger partial charge in [-0.2, -0.15) is 0 Å². The highest BCUT2D eigenvalue weighted by atomic mass is 35.5. The molecule has 0 aromatic heterocycles. The Hall–Kier alpha value is -3.07. The van der Waals surface area contributed by atoms with Crippen molar-refractivity contribution in [2.45, 2.75) is 76.4 Å². The number of nitrogens with zero attached hydrogens (tertiary/aromatic N) is 2. The molecule has 1 fully saturated rings. The van der Waals surface area contributed by atoms with Crippen molar-refractivity contribution in [3.8, 4) is 0 Å². The van der Waals surface area contributed by atoms with Crippen LogP contribution in [0.2, 0.25) is 10.0 Å². The van der Waals surface area contributed by atoms with Crippen LogP contribution in [0.15, 0.2) is 71.6 Å². The molecule has 0 saturated heterocycles.